The Morgan fingerprint density at radius 3 is 2.80 bits per heavy atom. The number of nitrogens with zero attached hydrogens (tertiary/aromatic N) is 2. The van der Waals surface area contributed by atoms with Crippen LogP contribution in [0.15, 0.2) is 0 Å². The molecule has 1 fully saturated rings. The van der Waals surface area contributed by atoms with Gasteiger partial charge in [0.15, 0.2) is 0 Å². The van der Waals surface area contributed by atoms with E-state index in [1.807, 2.05) is 0 Å². The molecule has 0 amide bonds. The highest BCUT2D eigenvalue weighted by Gasteiger charge is 2.20. The van der Waals surface area contributed by atoms with Gasteiger partial charge in [-0.1, -0.05) is 13.8 Å². The van der Waals surface area contributed by atoms with E-state index in [0.717, 1.165) is 50.7 Å². The molecule has 0 aromatic carbocycles. The van der Waals surface area contributed by atoms with Crippen LogP contribution in [0, 0.1) is 15.4 Å². The molecule has 1 aliphatic rings. The Hall–Kier alpha value is -0.430. The smallest absolute Gasteiger partial charge is 0.143 e. The molecule has 1 unspecified atom stereocenters. The molecule has 0 saturated carbocycles. The molecule has 1 aromatic rings. The molecule has 5 heteroatoms. The van der Waals surface area contributed by atoms with Crippen LogP contribution < -0.4 is 5.32 Å². The number of nitrogens with one attached hydrogen (secondary N) is 1. The third-order valence-electron chi connectivity index (χ3n) is 3.41. The Balaban J connectivity index is 2.23. The third kappa shape index (κ3) is 4.28. The quantitative estimate of drug-likeness (QED) is 0.759. The number of halogens is 1. The van der Waals surface area contributed by atoms with Crippen LogP contribution in [0.25, 0.3) is 0 Å². The summed E-state index contributed by atoms with van der Waals surface area (Å²) in [6.45, 7) is 9.19. The number of hydrogen-bond acceptors (Lipinski definition) is 4. The minimum atomic E-state index is 0.580. The van der Waals surface area contributed by atoms with Crippen molar-refractivity contribution < 1.29 is 4.74 Å². The summed E-state index contributed by atoms with van der Waals surface area (Å²) in [5, 5.41) is 3.36. The zero-order valence-corrected chi connectivity index (χ0v) is 14.7. The Labute approximate surface area is 135 Å². The van der Waals surface area contributed by atoms with Crippen LogP contribution in [0.3, 0.4) is 0 Å². The molecule has 112 valence electrons. The number of anilines is 1. The van der Waals surface area contributed by atoms with Crippen molar-refractivity contribution in [3.63, 3.8) is 0 Å². The minimum Gasteiger partial charge on any atom is -0.381 e. The van der Waals surface area contributed by atoms with Gasteiger partial charge < -0.3 is 10.1 Å². The lowest BCUT2D eigenvalue weighted by Gasteiger charge is -2.15. The predicted molar refractivity (Wildman–Crippen MR) is 90.1 cm³/mol. The summed E-state index contributed by atoms with van der Waals surface area (Å²) in [7, 11) is 0. The van der Waals surface area contributed by atoms with E-state index in [4.69, 9.17) is 14.7 Å². The van der Waals surface area contributed by atoms with E-state index >= 15 is 0 Å². The molecule has 1 aliphatic heterocycles. The monoisotopic (exact) mass is 389 g/mol. The van der Waals surface area contributed by atoms with Gasteiger partial charge >= 0.3 is 0 Å². The number of rotatable bonds is 6. The fraction of sp³-hybridized carbons (Fsp3) is 0.733. The van der Waals surface area contributed by atoms with E-state index in [1.165, 1.54) is 9.26 Å². The Morgan fingerprint density at radius 2 is 2.20 bits per heavy atom. The predicted octanol–water partition coefficient (Wildman–Crippen LogP) is 3.29. The highest BCUT2D eigenvalue weighted by molar-refractivity contribution is 14.1. The molecule has 0 spiro atoms. The molecule has 1 aromatic heterocycles. The first-order chi connectivity index (χ1) is 9.60. The molecule has 1 N–H and O–H groups in total. The highest BCUT2D eigenvalue weighted by atomic mass is 127. The van der Waals surface area contributed by atoms with Gasteiger partial charge in [-0.05, 0) is 54.2 Å². The van der Waals surface area contributed by atoms with Crippen molar-refractivity contribution in [1.82, 2.24) is 9.97 Å². The normalized spacial score (nSPS) is 18.8. The van der Waals surface area contributed by atoms with E-state index in [1.54, 1.807) is 0 Å². The Morgan fingerprint density at radius 1 is 1.40 bits per heavy atom. The minimum absolute atomic E-state index is 0.580. The standard InChI is InChI=1S/C15H24IN3O/c1-4-17-15-14(16)12(7-10(2)3)18-13(19-15)8-11-5-6-20-9-11/h10-11H,4-9H2,1-3H3,(H,17,18,19). The van der Waals surface area contributed by atoms with Crippen LogP contribution in [0.1, 0.15) is 38.7 Å². The molecule has 1 atom stereocenters. The van der Waals surface area contributed by atoms with Gasteiger partial charge in [-0.25, -0.2) is 9.97 Å². The van der Waals surface area contributed by atoms with Gasteiger partial charge in [0.1, 0.15) is 11.6 Å². The average Bonchev–Trinajstić information content (AvgIpc) is 2.87. The number of ether oxygens (including phenoxy) is 1. The zero-order chi connectivity index (χ0) is 14.5. The van der Waals surface area contributed by atoms with Crippen molar-refractivity contribution >= 4 is 28.4 Å². The van der Waals surface area contributed by atoms with Crippen molar-refractivity contribution in [1.29, 1.82) is 0 Å². The van der Waals surface area contributed by atoms with Crippen molar-refractivity contribution in [2.24, 2.45) is 11.8 Å². The van der Waals surface area contributed by atoms with Gasteiger partial charge in [-0.3, -0.25) is 0 Å². The molecule has 0 bridgehead atoms. The van der Waals surface area contributed by atoms with Crippen molar-refractivity contribution in [3.05, 3.63) is 15.1 Å². The Kier molecular flexibility index (Phi) is 6.01. The molecule has 20 heavy (non-hydrogen) atoms. The maximum absolute atomic E-state index is 5.45. The maximum atomic E-state index is 5.45. The van der Waals surface area contributed by atoms with Gasteiger partial charge in [0, 0.05) is 26.2 Å². The SMILES string of the molecule is CCNc1nc(CC2CCOC2)nc(CC(C)C)c1I. The highest BCUT2D eigenvalue weighted by Crippen LogP contribution is 2.24. The first-order valence-corrected chi connectivity index (χ1v) is 8.54. The zero-order valence-electron chi connectivity index (χ0n) is 12.6. The van der Waals surface area contributed by atoms with E-state index in [2.05, 4.69) is 48.7 Å². The van der Waals surface area contributed by atoms with Gasteiger partial charge in [0.2, 0.25) is 0 Å². The van der Waals surface area contributed by atoms with E-state index in [0.29, 0.717) is 11.8 Å². The van der Waals surface area contributed by atoms with Crippen LogP contribution in [0.5, 0.6) is 0 Å². The van der Waals surface area contributed by atoms with Crippen molar-refractivity contribution in [3.8, 4) is 0 Å². The van der Waals surface area contributed by atoms with Crippen LogP contribution >= 0.6 is 22.6 Å². The molecule has 2 rings (SSSR count). The topological polar surface area (TPSA) is 47.0 Å². The largest absolute Gasteiger partial charge is 0.381 e. The van der Waals surface area contributed by atoms with Crippen LogP contribution in [0.2, 0.25) is 0 Å². The van der Waals surface area contributed by atoms with Crippen molar-refractivity contribution in [2.75, 3.05) is 25.1 Å². The fourth-order valence-corrected chi connectivity index (χ4v) is 3.10. The second-order valence-corrected chi connectivity index (χ2v) is 6.89. The first kappa shape index (κ1) is 15.9. The second-order valence-electron chi connectivity index (χ2n) is 5.81. The van der Waals surface area contributed by atoms with E-state index < -0.39 is 0 Å². The van der Waals surface area contributed by atoms with E-state index in [9.17, 15) is 0 Å². The first-order valence-electron chi connectivity index (χ1n) is 7.47. The lowest BCUT2D eigenvalue weighted by atomic mass is 10.0. The number of aromatic nitrogens is 2. The molecule has 1 saturated heterocycles. The maximum Gasteiger partial charge on any atom is 0.143 e. The summed E-state index contributed by atoms with van der Waals surface area (Å²) in [5.41, 5.74) is 1.18. The summed E-state index contributed by atoms with van der Waals surface area (Å²) in [6.07, 6.45) is 3.07. The second kappa shape index (κ2) is 7.54. The lowest BCUT2D eigenvalue weighted by molar-refractivity contribution is 0.185. The van der Waals surface area contributed by atoms with Gasteiger partial charge in [0.25, 0.3) is 0 Å². The van der Waals surface area contributed by atoms with Crippen molar-refractivity contribution in [2.45, 2.75) is 40.0 Å². The van der Waals surface area contributed by atoms with Gasteiger partial charge in [-0.15, -0.1) is 0 Å². The summed E-state index contributed by atoms with van der Waals surface area (Å²) < 4.78 is 6.62. The van der Waals surface area contributed by atoms with Gasteiger partial charge in [0.05, 0.1) is 9.26 Å². The van der Waals surface area contributed by atoms with Gasteiger partial charge in [-0.2, -0.15) is 0 Å². The lowest BCUT2D eigenvalue weighted by Crippen LogP contribution is -2.14. The van der Waals surface area contributed by atoms with Crippen LogP contribution in [-0.4, -0.2) is 29.7 Å². The third-order valence-corrected chi connectivity index (χ3v) is 4.54. The summed E-state index contributed by atoms with van der Waals surface area (Å²) in [4.78, 5) is 9.51. The molecule has 4 nitrogen and oxygen atoms in total. The summed E-state index contributed by atoms with van der Waals surface area (Å²) in [6, 6.07) is 0. The van der Waals surface area contributed by atoms with E-state index in [-0.39, 0.29) is 0 Å². The number of hydrogen-bond donors (Lipinski definition) is 1. The molecule has 0 aliphatic carbocycles. The average molecular weight is 389 g/mol. The van der Waals surface area contributed by atoms with Crippen LogP contribution in [-0.2, 0) is 17.6 Å². The Bertz CT molecular complexity index is 445. The molecule has 2 heterocycles. The molecular weight excluding hydrogens is 365 g/mol. The van der Waals surface area contributed by atoms with Crippen LogP contribution in [0.4, 0.5) is 5.82 Å². The molecular formula is C15H24IN3O. The fourth-order valence-electron chi connectivity index (χ4n) is 2.45. The molecule has 0 radical (unpaired) electrons. The summed E-state index contributed by atoms with van der Waals surface area (Å²) in [5.74, 6) is 3.15. The summed E-state index contributed by atoms with van der Waals surface area (Å²) >= 11 is 2.37.